The predicted molar refractivity (Wildman–Crippen MR) is 62.3 cm³/mol. The van der Waals surface area contributed by atoms with Gasteiger partial charge in [-0.15, -0.1) is 0 Å². The van der Waals surface area contributed by atoms with Gasteiger partial charge < -0.3 is 5.32 Å². The Hall–Kier alpha value is -0.350. The average Bonchev–Trinajstić information content (AvgIpc) is 2.56. The summed E-state index contributed by atoms with van der Waals surface area (Å²) in [4.78, 5) is 0. The number of hydrogen-bond donors (Lipinski definition) is 1. The predicted octanol–water partition coefficient (Wildman–Crippen LogP) is 2.73. The summed E-state index contributed by atoms with van der Waals surface area (Å²) in [5, 5.41) is 7.65. The molecule has 0 radical (unpaired) electrons. The van der Waals surface area contributed by atoms with Crippen LogP contribution in [0.3, 0.4) is 0 Å². The maximum atomic E-state index is 4.32. The average molecular weight is 260 g/mol. The number of hydrogen-bond acceptors (Lipinski definition) is 2. The smallest absolute Gasteiger partial charge is 0.0695 e. The first-order valence-electron chi connectivity index (χ1n) is 5.13. The van der Waals surface area contributed by atoms with Crippen molar-refractivity contribution in [3.05, 3.63) is 16.4 Å². The lowest BCUT2D eigenvalue weighted by molar-refractivity contribution is 0.482. The summed E-state index contributed by atoms with van der Waals surface area (Å²) >= 11 is 3.55. The number of nitrogens with one attached hydrogen (secondary N) is 1. The summed E-state index contributed by atoms with van der Waals surface area (Å²) < 4.78 is 3.15. The van der Waals surface area contributed by atoms with E-state index in [1.54, 1.807) is 0 Å². The molecule has 0 amide bonds. The normalized spacial score (nSPS) is 13.1. The Labute approximate surface area is 94.0 Å². The zero-order valence-corrected chi connectivity index (χ0v) is 10.6. The second kappa shape index (κ2) is 5.51. The standard InChI is InChI=1S/C10H18BrN3/c1-4-6-9(12-3)10-8(11)7-13-14(10)5-2/h7,9,12H,4-6H2,1-3H3. The minimum absolute atomic E-state index is 0.400. The highest BCUT2D eigenvalue weighted by Gasteiger charge is 2.16. The van der Waals surface area contributed by atoms with E-state index in [0.29, 0.717) is 6.04 Å². The third kappa shape index (κ3) is 2.36. The van der Waals surface area contributed by atoms with E-state index < -0.39 is 0 Å². The topological polar surface area (TPSA) is 29.9 Å². The maximum Gasteiger partial charge on any atom is 0.0695 e. The Balaban J connectivity index is 2.94. The highest BCUT2D eigenvalue weighted by molar-refractivity contribution is 9.10. The van der Waals surface area contributed by atoms with Crippen LogP contribution in [-0.2, 0) is 6.54 Å². The SMILES string of the molecule is CCCC(NC)c1c(Br)cnn1CC. The molecule has 0 aromatic carbocycles. The van der Waals surface area contributed by atoms with Gasteiger partial charge in [-0.05, 0) is 36.3 Å². The summed E-state index contributed by atoms with van der Waals surface area (Å²) in [7, 11) is 2.00. The van der Waals surface area contributed by atoms with Crippen molar-refractivity contribution in [1.82, 2.24) is 15.1 Å². The van der Waals surface area contributed by atoms with E-state index in [9.17, 15) is 0 Å². The van der Waals surface area contributed by atoms with Crippen molar-refractivity contribution >= 4 is 15.9 Å². The Morgan fingerprint density at radius 2 is 2.29 bits per heavy atom. The summed E-state index contributed by atoms with van der Waals surface area (Å²) in [6, 6.07) is 0.400. The van der Waals surface area contributed by atoms with Gasteiger partial charge in [-0.3, -0.25) is 4.68 Å². The first-order valence-corrected chi connectivity index (χ1v) is 5.92. The van der Waals surface area contributed by atoms with Crippen LogP contribution in [0.5, 0.6) is 0 Å². The molecule has 1 heterocycles. The first kappa shape index (κ1) is 11.7. The number of aromatic nitrogens is 2. The molecule has 0 bridgehead atoms. The Bertz CT molecular complexity index is 283. The van der Waals surface area contributed by atoms with Crippen molar-refractivity contribution < 1.29 is 0 Å². The van der Waals surface area contributed by atoms with Gasteiger partial charge in [-0.25, -0.2) is 0 Å². The molecular formula is C10H18BrN3. The van der Waals surface area contributed by atoms with Crippen molar-refractivity contribution in [2.75, 3.05) is 7.05 Å². The largest absolute Gasteiger partial charge is 0.312 e. The molecular weight excluding hydrogens is 242 g/mol. The summed E-state index contributed by atoms with van der Waals surface area (Å²) in [5.74, 6) is 0. The van der Waals surface area contributed by atoms with Gasteiger partial charge in [0.1, 0.15) is 0 Å². The molecule has 0 aliphatic heterocycles. The van der Waals surface area contributed by atoms with Crippen molar-refractivity contribution in [2.24, 2.45) is 0 Å². The van der Waals surface area contributed by atoms with E-state index in [2.05, 4.69) is 40.2 Å². The number of nitrogens with zero attached hydrogens (tertiary/aromatic N) is 2. The molecule has 0 fully saturated rings. The van der Waals surface area contributed by atoms with Crippen LogP contribution in [0, 0.1) is 0 Å². The first-order chi connectivity index (χ1) is 6.74. The molecule has 80 valence electrons. The molecule has 1 N–H and O–H groups in total. The van der Waals surface area contributed by atoms with E-state index in [-0.39, 0.29) is 0 Å². The lowest BCUT2D eigenvalue weighted by Crippen LogP contribution is -2.20. The molecule has 0 aliphatic carbocycles. The van der Waals surface area contributed by atoms with Crippen molar-refractivity contribution in [1.29, 1.82) is 0 Å². The van der Waals surface area contributed by atoms with Crippen LogP contribution in [0.25, 0.3) is 0 Å². The van der Waals surface area contributed by atoms with Gasteiger partial charge in [0.15, 0.2) is 0 Å². The van der Waals surface area contributed by atoms with Gasteiger partial charge in [-0.2, -0.15) is 5.10 Å². The summed E-state index contributed by atoms with van der Waals surface area (Å²) in [5.41, 5.74) is 1.26. The third-order valence-corrected chi connectivity index (χ3v) is 3.00. The van der Waals surface area contributed by atoms with Crippen LogP contribution in [0.4, 0.5) is 0 Å². The molecule has 1 aromatic heterocycles. The molecule has 1 aromatic rings. The number of aryl methyl sites for hydroxylation is 1. The zero-order valence-electron chi connectivity index (χ0n) is 9.05. The van der Waals surface area contributed by atoms with E-state index >= 15 is 0 Å². The number of rotatable bonds is 5. The Kier molecular flexibility index (Phi) is 4.62. The van der Waals surface area contributed by atoms with Crippen molar-refractivity contribution in [3.8, 4) is 0 Å². The van der Waals surface area contributed by atoms with Crippen LogP contribution in [-0.4, -0.2) is 16.8 Å². The minimum Gasteiger partial charge on any atom is -0.312 e. The van der Waals surface area contributed by atoms with Gasteiger partial charge in [0, 0.05) is 6.54 Å². The van der Waals surface area contributed by atoms with Gasteiger partial charge in [-0.1, -0.05) is 13.3 Å². The molecule has 4 heteroatoms. The van der Waals surface area contributed by atoms with Gasteiger partial charge in [0.2, 0.25) is 0 Å². The highest BCUT2D eigenvalue weighted by Crippen LogP contribution is 2.26. The monoisotopic (exact) mass is 259 g/mol. The van der Waals surface area contributed by atoms with Crippen molar-refractivity contribution in [2.45, 2.75) is 39.3 Å². The Morgan fingerprint density at radius 3 is 2.79 bits per heavy atom. The van der Waals surface area contributed by atoms with Gasteiger partial charge in [0.25, 0.3) is 0 Å². The fraction of sp³-hybridized carbons (Fsp3) is 0.700. The van der Waals surface area contributed by atoms with Crippen LogP contribution in [0.1, 0.15) is 38.4 Å². The molecule has 0 spiro atoms. The van der Waals surface area contributed by atoms with E-state index in [1.165, 1.54) is 12.1 Å². The maximum absolute atomic E-state index is 4.32. The van der Waals surface area contributed by atoms with Crippen molar-refractivity contribution in [3.63, 3.8) is 0 Å². The molecule has 0 saturated heterocycles. The Morgan fingerprint density at radius 1 is 1.57 bits per heavy atom. The molecule has 0 saturated carbocycles. The van der Waals surface area contributed by atoms with Gasteiger partial charge >= 0.3 is 0 Å². The molecule has 3 nitrogen and oxygen atoms in total. The van der Waals surface area contributed by atoms with Crippen LogP contribution >= 0.6 is 15.9 Å². The second-order valence-electron chi connectivity index (χ2n) is 3.32. The van der Waals surface area contributed by atoms with Crippen LogP contribution < -0.4 is 5.32 Å². The fourth-order valence-corrected chi connectivity index (χ4v) is 2.25. The van der Waals surface area contributed by atoms with Crippen LogP contribution in [0.2, 0.25) is 0 Å². The number of halogens is 1. The molecule has 1 unspecified atom stereocenters. The molecule has 0 aliphatic rings. The van der Waals surface area contributed by atoms with E-state index in [1.807, 2.05) is 17.9 Å². The highest BCUT2D eigenvalue weighted by atomic mass is 79.9. The van der Waals surface area contributed by atoms with Crippen LogP contribution in [0.15, 0.2) is 10.7 Å². The fourth-order valence-electron chi connectivity index (χ4n) is 1.68. The zero-order chi connectivity index (χ0) is 10.6. The lowest BCUT2D eigenvalue weighted by atomic mass is 10.1. The van der Waals surface area contributed by atoms with E-state index in [0.717, 1.165) is 17.4 Å². The lowest BCUT2D eigenvalue weighted by Gasteiger charge is -2.17. The van der Waals surface area contributed by atoms with E-state index in [4.69, 9.17) is 0 Å². The molecule has 14 heavy (non-hydrogen) atoms. The minimum atomic E-state index is 0.400. The quantitative estimate of drug-likeness (QED) is 0.882. The summed E-state index contributed by atoms with van der Waals surface area (Å²) in [6.45, 7) is 5.23. The summed E-state index contributed by atoms with van der Waals surface area (Å²) in [6.07, 6.45) is 4.19. The third-order valence-electron chi connectivity index (χ3n) is 2.39. The second-order valence-corrected chi connectivity index (χ2v) is 4.18. The molecule has 1 rings (SSSR count). The molecule has 1 atom stereocenters. The van der Waals surface area contributed by atoms with Gasteiger partial charge in [0.05, 0.1) is 22.4 Å².